The van der Waals surface area contributed by atoms with Gasteiger partial charge in [0.05, 0.1) is 6.54 Å². The Balaban J connectivity index is 0.00000220. The highest BCUT2D eigenvalue weighted by atomic mass is 127. The third kappa shape index (κ3) is 5.78. The van der Waals surface area contributed by atoms with Crippen molar-refractivity contribution in [3.8, 4) is 5.75 Å². The average molecular weight is 419 g/mol. The van der Waals surface area contributed by atoms with E-state index in [0.717, 1.165) is 35.9 Å². The Morgan fingerprint density at radius 2 is 2.10 bits per heavy atom. The Morgan fingerprint density at radius 1 is 1.38 bits per heavy atom. The number of guanidine groups is 1. The maximum atomic E-state index is 6.06. The van der Waals surface area contributed by atoms with Crippen LogP contribution in [-0.2, 0) is 6.54 Å². The lowest BCUT2D eigenvalue weighted by Crippen LogP contribution is -2.42. The Hall–Kier alpha value is -0.890. The molecule has 0 amide bonds. The standard InChI is InChI=1S/C15H21N3OS.HI/c1-2-9-19-14-6-4-3-5-13(14)12-17-15(16)18-7-10-20-11-8-18;/h2-6H,1,7-12H2,(H2,16,17);1H. The van der Waals surface area contributed by atoms with Crippen molar-refractivity contribution in [2.45, 2.75) is 6.54 Å². The molecule has 0 bridgehead atoms. The van der Waals surface area contributed by atoms with Gasteiger partial charge in [0.2, 0.25) is 0 Å². The number of nitrogens with two attached hydrogens (primary N) is 1. The number of hydrogen-bond donors (Lipinski definition) is 1. The Morgan fingerprint density at radius 3 is 2.81 bits per heavy atom. The molecule has 0 aliphatic carbocycles. The van der Waals surface area contributed by atoms with Crippen molar-refractivity contribution in [1.82, 2.24) is 4.90 Å². The Bertz CT molecular complexity index is 476. The fourth-order valence-corrected chi connectivity index (χ4v) is 2.89. The molecule has 0 aromatic heterocycles. The molecule has 1 aliphatic rings. The molecule has 0 atom stereocenters. The summed E-state index contributed by atoms with van der Waals surface area (Å²) < 4.78 is 5.62. The summed E-state index contributed by atoms with van der Waals surface area (Å²) in [5.74, 6) is 3.71. The van der Waals surface area contributed by atoms with Crippen LogP contribution in [0.15, 0.2) is 41.9 Å². The molecule has 1 aromatic carbocycles. The van der Waals surface area contributed by atoms with Gasteiger partial charge in [0.15, 0.2) is 5.96 Å². The van der Waals surface area contributed by atoms with E-state index in [-0.39, 0.29) is 24.0 Å². The zero-order chi connectivity index (χ0) is 14.2. The average Bonchev–Trinajstić information content (AvgIpc) is 2.52. The molecular weight excluding hydrogens is 397 g/mol. The largest absolute Gasteiger partial charge is 0.489 e. The van der Waals surface area contributed by atoms with Gasteiger partial charge >= 0.3 is 0 Å². The summed E-state index contributed by atoms with van der Waals surface area (Å²) in [6, 6.07) is 7.90. The van der Waals surface area contributed by atoms with Gasteiger partial charge in [0.1, 0.15) is 12.4 Å². The highest BCUT2D eigenvalue weighted by Crippen LogP contribution is 2.19. The van der Waals surface area contributed by atoms with Crippen LogP contribution in [0.25, 0.3) is 0 Å². The Labute approximate surface area is 147 Å². The van der Waals surface area contributed by atoms with E-state index < -0.39 is 0 Å². The lowest BCUT2D eigenvalue weighted by Gasteiger charge is -2.27. The third-order valence-corrected chi connectivity index (χ3v) is 4.02. The molecule has 0 saturated carbocycles. The first-order valence-corrected chi connectivity index (χ1v) is 7.91. The second kappa shape index (κ2) is 9.94. The van der Waals surface area contributed by atoms with Gasteiger partial charge in [-0.2, -0.15) is 11.8 Å². The first kappa shape index (κ1) is 18.2. The van der Waals surface area contributed by atoms with Crippen molar-refractivity contribution < 1.29 is 4.74 Å². The molecule has 2 N–H and O–H groups in total. The third-order valence-electron chi connectivity index (χ3n) is 3.08. The SMILES string of the molecule is C=CCOc1ccccc1CN=C(N)N1CCSCC1.I. The molecule has 1 aromatic rings. The van der Waals surface area contributed by atoms with Gasteiger partial charge in [-0.15, -0.1) is 24.0 Å². The van der Waals surface area contributed by atoms with Crippen LogP contribution in [0.1, 0.15) is 5.56 Å². The molecule has 0 radical (unpaired) electrons. The molecule has 6 heteroatoms. The van der Waals surface area contributed by atoms with Gasteiger partial charge in [-0.1, -0.05) is 30.9 Å². The highest BCUT2D eigenvalue weighted by molar-refractivity contribution is 14.0. The lowest BCUT2D eigenvalue weighted by atomic mass is 10.2. The van der Waals surface area contributed by atoms with E-state index in [4.69, 9.17) is 10.5 Å². The number of nitrogens with zero attached hydrogens (tertiary/aromatic N) is 2. The van der Waals surface area contributed by atoms with E-state index in [2.05, 4.69) is 16.5 Å². The normalized spacial score (nSPS) is 15.2. The maximum absolute atomic E-state index is 6.06. The quantitative estimate of drug-likeness (QED) is 0.345. The lowest BCUT2D eigenvalue weighted by molar-refractivity contribution is 0.359. The van der Waals surface area contributed by atoms with Gasteiger partial charge in [-0.05, 0) is 6.07 Å². The van der Waals surface area contributed by atoms with Crippen molar-refractivity contribution >= 4 is 41.7 Å². The summed E-state index contributed by atoms with van der Waals surface area (Å²) in [6.45, 7) is 6.67. The van der Waals surface area contributed by atoms with Crippen molar-refractivity contribution in [2.75, 3.05) is 31.2 Å². The van der Waals surface area contributed by atoms with Crippen molar-refractivity contribution in [1.29, 1.82) is 0 Å². The van der Waals surface area contributed by atoms with Gasteiger partial charge in [0, 0.05) is 30.2 Å². The number of halogens is 1. The zero-order valence-corrected chi connectivity index (χ0v) is 15.2. The molecule has 1 fully saturated rings. The van der Waals surface area contributed by atoms with Crippen LogP contribution in [0.2, 0.25) is 0 Å². The maximum Gasteiger partial charge on any atom is 0.191 e. The van der Waals surface area contributed by atoms with Gasteiger partial charge in [-0.3, -0.25) is 0 Å². The molecule has 1 aliphatic heterocycles. The summed E-state index contributed by atoms with van der Waals surface area (Å²) in [7, 11) is 0. The number of ether oxygens (including phenoxy) is 1. The van der Waals surface area contributed by atoms with Crippen LogP contribution >= 0.6 is 35.7 Å². The molecule has 1 saturated heterocycles. The first-order valence-electron chi connectivity index (χ1n) is 6.75. The van der Waals surface area contributed by atoms with Crippen LogP contribution in [0, 0.1) is 0 Å². The van der Waals surface area contributed by atoms with E-state index >= 15 is 0 Å². The predicted molar refractivity (Wildman–Crippen MR) is 102 cm³/mol. The minimum Gasteiger partial charge on any atom is -0.489 e. The van der Waals surface area contributed by atoms with Gasteiger partial charge in [0.25, 0.3) is 0 Å². The Kier molecular flexibility index (Phi) is 8.60. The number of hydrogen-bond acceptors (Lipinski definition) is 3. The van der Waals surface area contributed by atoms with Crippen molar-refractivity contribution in [3.05, 3.63) is 42.5 Å². The number of benzene rings is 1. The van der Waals surface area contributed by atoms with Crippen LogP contribution in [0.4, 0.5) is 0 Å². The summed E-state index contributed by atoms with van der Waals surface area (Å²) >= 11 is 1.96. The molecule has 116 valence electrons. The van der Waals surface area contributed by atoms with Gasteiger partial charge < -0.3 is 15.4 Å². The second-order valence-corrected chi connectivity index (χ2v) is 5.71. The van der Waals surface area contributed by atoms with E-state index in [1.54, 1.807) is 6.08 Å². The minimum atomic E-state index is 0. The van der Waals surface area contributed by atoms with Crippen molar-refractivity contribution in [3.63, 3.8) is 0 Å². The van der Waals surface area contributed by atoms with E-state index in [9.17, 15) is 0 Å². The van der Waals surface area contributed by atoms with Crippen molar-refractivity contribution in [2.24, 2.45) is 10.7 Å². The van der Waals surface area contributed by atoms with Gasteiger partial charge in [-0.25, -0.2) is 4.99 Å². The number of aliphatic imine (C=N–C) groups is 1. The highest BCUT2D eigenvalue weighted by Gasteiger charge is 2.12. The van der Waals surface area contributed by atoms with Crippen LogP contribution in [0.5, 0.6) is 5.75 Å². The topological polar surface area (TPSA) is 50.9 Å². The number of para-hydroxylation sites is 1. The smallest absolute Gasteiger partial charge is 0.191 e. The van der Waals surface area contributed by atoms with Crippen LogP contribution in [-0.4, -0.2) is 42.1 Å². The molecule has 1 heterocycles. The number of thioether (sulfide) groups is 1. The monoisotopic (exact) mass is 419 g/mol. The number of rotatable bonds is 5. The molecule has 21 heavy (non-hydrogen) atoms. The summed E-state index contributed by atoms with van der Waals surface area (Å²) in [4.78, 5) is 6.63. The summed E-state index contributed by atoms with van der Waals surface area (Å²) in [5, 5.41) is 0. The van der Waals surface area contributed by atoms with E-state index in [0.29, 0.717) is 19.1 Å². The second-order valence-electron chi connectivity index (χ2n) is 4.48. The fourth-order valence-electron chi connectivity index (χ4n) is 1.98. The van der Waals surface area contributed by atoms with E-state index in [1.165, 1.54) is 0 Å². The molecule has 2 rings (SSSR count). The van der Waals surface area contributed by atoms with E-state index in [1.807, 2.05) is 36.0 Å². The molecular formula is C15H22IN3OS. The fraction of sp³-hybridized carbons (Fsp3) is 0.400. The predicted octanol–water partition coefficient (Wildman–Crippen LogP) is 2.73. The van der Waals surface area contributed by atoms with Crippen LogP contribution in [0.3, 0.4) is 0 Å². The summed E-state index contributed by atoms with van der Waals surface area (Å²) in [6.07, 6.45) is 1.74. The first-order chi connectivity index (χ1) is 9.81. The minimum absolute atomic E-state index is 0. The molecule has 0 spiro atoms. The zero-order valence-electron chi connectivity index (χ0n) is 12.0. The molecule has 0 unspecified atom stereocenters. The summed E-state index contributed by atoms with van der Waals surface area (Å²) in [5.41, 5.74) is 7.10. The van der Waals surface area contributed by atoms with Crippen LogP contribution < -0.4 is 10.5 Å². The molecule has 4 nitrogen and oxygen atoms in total.